The molecule has 32 heavy (non-hydrogen) atoms. The number of likely N-dealkylation sites (tertiary alicyclic amines) is 1. The minimum atomic E-state index is -5.08. The van der Waals surface area contributed by atoms with E-state index in [1.807, 2.05) is 6.07 Å². The molecule has 0 atom stereocenters. The van der Waals surface area contributed by atoms with E-state index < -0.39 is 24.3 Å². The maximum Gasteiger partial charge on any atom is 0.490 e. The van der Waals surface area contributed by atoms with Crippen LogP contribution in [0, 0.1) is 0 Å². The fourth-order valence-corrected chi connectivity index (χ4v) is 3.09. The molecule has 1 spiro atoms. The summed E-state index contributed by atoms with van der Waals surface area (Å²) in [5.74, 6) is -4.45. The zero-order valence-electron chi connectivity index (χ0n) is 17.1. The third-order valence-corrected chi connectivity index (χ3v) is 4.98. The molecule has 0 amide bonds. The lowest BCUT2D eigenvalue weighted by atomic mass is 9.86. The number of aliphatic carboxylic acids is 2. The van der Waals surface area contributed by atoms with E-state index in [4.69, 9.17) is 29.0 Å². The lowest BCUT2D eigenvalue weighted by molar-refractivity contribution is -0.193. The summed E-state index contributed by atoms with van der Waals surface area (Å²) in [7, 11) is 2.24. The number of rotatable bonds is 2. The molecule has 1 aromatic rings. The normalized spacial score (nSPS) is 19.3. The number of furan rings is 1. The number of likely N-dealkylation sites (N-methyl/N-ethyl adjacent to an activating group) is 1. The molecule has 2 N–H and O–H groups in total. The van der Waals surface area contributed by atoms with E-state index in [-0.39, 0.29) is 5.54 Å². The van der Waals surface area contributed by atoms with Gasteiger partial charge in [-0.2, -0.15) is 26.3 Å². The molecule has 2 aliphatic rings. The topological polar surface area (TPSA) is 103 Å². The van der Waals surface area contributed by atoms with Gasteiger partial charge in [0.05, 0.1) is 26.0 Å². The number of hydrogen-bond acceptors (Lipinski definition) is 6. The summed E-state index contributed by atoms with van der Waals surface area (Å²) in [5.41, 5.74) is 0.290. The lowest BCUT2D eigenvalue weighted by Crippen LogP contribution is -2.59. The third kappa shape index (κ3) is 9.04. The summed E-state index contributed by atoms with van der Waals surface area (Å²) in [4.78, 5) is 22.8. The number of halogens is 6. The number of carbonyl (C=O) groups is 2. The minimum absolute atomic E-state index is 0.290. The zero-order valence-corrected chi connectivity index (χ0v) is 17.1. The average Bonchev–Trinajstić information content (AvgIpc) is 3.19. The van der Waals surface area contributed by atoms with E-state index in [0.717, 1.165) is 45.2 Å². The van der Waals surface area contributed by atoms with Crippen molar-refractivity contribution < 1.29 is 55.3 Å². The van der Waals surface area contributed by atoms with Gasteiger partial charge in [-0.1, -0.05) is 0 Å². The second kappa shape index (κ2) is 11.5. The number of carboxylic acids is 2. The number of piperidine rings is 1. The predicted octanol–water partition coefficient (Wildman–Crippen LogP) is 2.84. The van der Waals surface area contributed by atoms with Gasteiger partial charge in [0.1, 0.15) is 5.76 Å². The van der Waals surface area contributed by atoms with Gasteiger partial charge in [-0.05, 0) is 32.0 Å². The summed E-state index contributed by atoms with van der Waals surface area (Å²) >= 11 is 0. The van der Waals surface area contributed by atoms with Crippen LogP contribution < -0.4 is 0 Å². The van der Waals surface area contributed by atoms with Crippen LogP contribution in [0.1, 0.15) is 18.6 Å². The Hall–Kier alpha value is -2.32. The van der Waals surface area contributed by atoms with Crippen molar-refractivity contribution in [1.82, 2.24) is 9.80 Å². The fraction of sp³-hybridized carbons (Fsp3) is 0.667. The highest BCUT2D eigenvalue weighted by molar-refractivity contribution is 5.73. The molecule has 0 unspecified atom stereocenters. The van der Waals surface area contributed by atoms with Crippen molar-refractivity contribution in [2.45, 2.75) is 37.3 Å². The Kier molecular flexibility index (Phi) is 9.97. The molecule has 3 rings (SSSR count). The largest absolute Gasteiger partial charge is 0.490 e. The standard InChI is InChI=1S/C14H22N2O2.2C2HF3O2/c1-15-8-10-17-12-14(15)4-6-16(7-5-14)11-13-3-2-9-18-13;2*3-2(4,5)1(6)7/h2-3,9H,4-8,10-12H2,1H3;2*(H,6,7). The zero-order chi connectivity index (χ0) is 24.6. The average molecular weight is 478 g/mol. The summed E-state index contributed by atoms with van der Waals surface area (Å²) in [5, 5.41) is 14.2. The van der Waals surface area contributed by atoms with Crippen molar-refractivity contribution in [1.29, 1.82) is 0 Å². The molecule has 8 nitrogen and oxygen atoms in total. The second-order valence-corrected chi connectivity index (χ2v) is 7.16. The highest BCUT2D eigenvalue weighted by atomic mass is 19.4. The Bertz CT molecular complexity index is 691. The van der Waals surface area contributed by atoms with Gasteiger partial charge in [0.2, 0.25) is 0 Å². The highest BCUT2D eigenvalue weighted by Gasteiger charge is 2.40. The fourth-order valence-electron chi connectivity index (χ4n) is 3.09. The molecule has 2 saturated heterocycles. The Morgan fingerprint density at radius 2 is 1.53 bits per heavy atom. The van der Waals surface area contributed by atoms with Crippen molar-refractivity contribution in [3.05, 3.63) is 24.2 Å². The monoisotopic (exact) mass is 478 g/mol. The molecule has 14 heteroatoms. The third-order valence-electron chi connectivity index (χ3n) is 4.98. The molecule has 1 aromatic heterocycles. The van der Waals surface area contributed by atoms with Crippen LogP contribution in [0.15, 0.2) is 22.8 Å². The maximum atomic E-state index is 10.6. The quantitative estimate of drug-likeness (QED) is 0.626. The minimum Gasteiger partial charge on any atom is -0.475 e. The van der Waals surface area contributed by atoms with Crippen molar-refractivity contribution in [3.63, 3.8) is 0 Å². The first kappa shape index (κ1) is 27.7. The number of nitrogens with zero attached hydrogens (tertiary/aromatic N) is 2. The van der Waals surface area contributed by atoms with Gasteiger partial charge in [0, 0.05) is 25.2 Å². The Balaban J connectivity index is 0.000000305. The van der Waals surface area contributed by atoms with Gasteiger partial charge in [0.25, 0.3) is 0 Å². The first-order chi connectivity index (χ1) is 14.7. The van der Waals surface area contributed by atoms with E-state index in [2.05, 4.69) is 22.9 Å². The van der Waals surface area contributed by atoms with Gasteiger partial charge in [-0.25, -0.2) is 9.59 Å². The number of morpholine rings is 1. The van der Waals surface area contributed by atoms with Crippen LogP contribution in [-0.2, 0) is 20.9 Å². The van der Waals surface area contributed by atoms with Gasteiger partial charge < -0.3 is 19.4 Å². The van der Waals surface area contributed by atoms with Crippen LogP contribution in [0.2, 0.25) is 0 Å². The molecule has 0 saturated carbocycles. The molecular weight excluding hydrogens is 454 g/mol. The first-order valence-electron chi connectivity index (χ1n) is 9.31. The van der Waals surface area contributed by atoms with Crippen molar-refractivity contribution in [3.8, 4) is 0 Å². The smallest absolute Gasteiger partial charge is 0.475 e. The van der Waals surface area contributed by atoms with E-state index in [9.17, 15) is 26.3 Å². The highest BCUT2D eigenvalue weighted by Crippen LogP contribution is 2.31. The molecule has 2 fully saturated rings. The molecular formula is C18H24F6N2O6. The molecule has 0 aliphatic carbocycles. The predicted molar refractivity (Wildman–Crippen MR) is 96.8 cm³/mol. The summed E-state index contributed by atoms with van der Waals surface area (Å²) in [6.07, 6.45) is -6.02. The van der Waals surface area contributed by atoms with Gasteiger partial charge in [-0.15, -0.1) is 0 Å². The van der Waals surface area contributed by atoms with E-state index in [1.165, 1.54) is 12.8 Å². The number of alkyl halides is 6. The summed E-state index contributed by atoms with van der Waals surface area (Å²) in [6, 6.07) is 4.02. The van der Waals surface area contributed by atoms with Gasteiger partial charge in [-0.3, -0.25) is 9.80 Å². The van der Waals surface area contributed by atoms with Gasteiger partial charge >= 0.3 is 24.3 Å². The maximum absolute atomic E-state index is 10.6. The van der Waals surface area contributed by atoms with Crippen molar-refractivity contribution in [2.24, 2.45) is 0 Å². The number of ether oxygens (including phenoxy) is 1. The van der Waals surface area contributed by atoms with Crippen LogP contribution >= 0.6 is 0 Å². The lowest BCUT2D eigenvalue weighted by Gasteiger charge is -2.49. The molecule has 0 aromatic carbocycles. The van der Waals surface area contributed by atoms with Crippen LogP contribution in [0.25, 0.3) is 0 Å². The first-order valence-corrected chi connectivity index (χ1v) is 9.31. The summed E-state index contributed by atoms with van der Waals surface area (Å²) in [6.45, 7) is 6.06. The summed E-state index contributed by atoms with van der Waals surface area (Å²) < 4.78 is 74.6. The van der Waals surface area contributed by atoms with Crippen molar-refractivity contribution >= 4 is 11.9 Å². The Morgan fingerprint density at radius 1 is 1.03 bits per heavy atom. The number of carboxylic acid groups (broad SMARTS) is 2. The van der Waals surface area contributed by atoms with Crippen LogP contribution in [0.3, 0.4) is 0 Å². The van der Waals surface area contributed by atoms with E-state index in [1.54, 1.807) is 6.26 Å². The molecule has 184 valence electrons. The molecule has 0 bridgehead atoms. The molecule has 2 aliphatic heterocycles. The Morgan fingerprint density at radius 3 is 1.91 bits per heavy atom. The SMILES string of the molecule is CN1CCOCC12CCN(Cc1ccco1)CC2.O=C(O)C(F)(F)F.O=C(O)C(F)(F)F. The van der Waals surface area contributed by atoms with E-state index in [0.29, 0.717) is 0 Å². The van der Waals surface area contributed by atoms with Crippen LogP contribution in [0.4, 0.5) is 26.3 Å². The Labute approximate surface area is 179 Å². The van der Waals surface area contributed by atoms with Crippen LogP contribution in [-0.4, -0.2) is 89.7 Å². The second-order valence-electron chi connectivity index (χ2n) is 7.16. The van der Waals surface area contributed by atoms with Gasteiger partial charge in [0.15, 0.2) is 0 Å². The van der Waals surface area contributed by atoms with Crippen LogP contribution in [0.5, 0.6) is 0 Å². The van der Waals surface area contributed by atoms with E-state index >= 15 is 0 Å². The van der Waals surface area contributed by atoms with Crippen molar-refractivity contribution in [2.75, 3.05) is 39.9 Å². The number of hydrogen-bond donors (Lipinski definition) is 2. The molecule has 3 heterocycles. The molecule has 0 radical (unpaired) electrons.